The Hall–Kier alpha value is -0.160. The second kappa shape index (κ2) is 3.77. The lowest BCUT2D eigenvalue weighted by Crippen LogP contribution is -2.48. The number of likely N-dealkylation sites (tertiary alicyclic amines) is 1. The number of nitrogens with two attached hydrogens (primary N) is 1. The molecule has 1 saturated heterocycles. The first-order valence-corrected chi connectivity index (χ1v) is 5.45. The highest BCUT2D eigenvalue weighted by molar-refractivity contribution is 5.02. The molecule has 1 saturated carbocycles. The molecule has 2 aliphatic rings. The molecule has 0 aromatic heterocycles. The van der Waals surface area contributed by atoms with Crippen molar-refractivity contribution in [3.05, 3.63) is 0 Å². The van der Waals surface area contributed by atoms with Crippen LogP contribution in [-0.2, 0) is 0 Å². The smallest absolute Gasteiger partial charge is 0.0789 e. The van der Waals surface area contributed by atoms with Crippen LogP contribution in [0.1, 0.15) is 19.3 Å². The molecular formula is C10H20N2O2. The Bertz CT molecular complexity index is 206. The number of rotatable bonds is 3. The van der Waals surface area contributed by atoms with Crippen LogP contribution >= 0.6 is 0 Å². The van der Waals surface area contributed by atoms with Crippen LogP contribution < -0.4 is 5.73 Å². The first-order valence-electron chi connectivity index (χ1n) is 5.45. The summed E-state index contributed by atoms with van der Waals surface area (Å²) in [7, 11) is 0. The van der Waals surface area contributed by atoms with Crippen LogP contribution in [0.5, 0.6) is 0 Å². The fourth-order valence-corrected chi connectivity index (χ4v) is 2.36. The number of β-amino-alcohol motifs (C(OH)–C–C–N with tert-alkyl or cyclic N) is 2. The number of aliphatic hydroxyl groups excluding tert-OH is 2. The number of hydrogen-bond acceptors (Lipinski definition) is 4. The lowest BCUT2D eigenvalue weighted by atomic mass is 9.90. The predicted octanol–water partition coefficient (Wildman–Crippen LogP) is -0.847. The molecule has 14 heavy (non-hydrogen) atoms. The molecule has 1 aliphatic carbocycles. The van der Waals surface area contributed by atoms with Gasteiger partial charge >= 0.3 is 0 Å². The monoisotopic (exact) mass is 200 g/mol. The Morgan fingerprint density at radius 3 is 2.64 bits per heavy atom. The summed E-state index contributed by atoms with van der Waals surface area (Å²) in [5, 5.41) is 19.3. The highest BCUT2D eigenvalue weighted by atomic mass is 16.3. The summed E-state index contributed by atoms with van der Waals surface area (Å²) in [5.41, 5.74) is 5.60. The molecule has 82 valence electrons. The van der Waals surface area contributed by atoms with Crippen molar-refractivity contribution in [2.45, 2.75) is 31.5 Å². The molecule has 4 heteroatoms. The molecule has 2 rings (SSSR count). The van der Waals surface area contributed by atoms with Gasteiger partial charge in [0.25, 0.3) is 0 Å². The third-order valence-corrected chi connectivity index (χ3v) is 3.70. The fraction of sp³-hybridized carbons (Fsp3) is 1.00. The SMILES string of the molecule is NC[C@@H](O)CN1CCC2(CC2)[C@H](O)C1. The molecule has 0 unspecified atom stereocenters. The normalized spacial score (nSPS) is 33.2. The van der Waals surface area contributed by atoms with Crippen LogP contribution in [0, 0.1) is 5.41 Å². The van der Waals surface area contributed by atoms with Crippen molar-refractivity contribution in [2.24, 2.45) is 11.1 Å². The second-order valence-electron chi connectivity index (χ2n) is 4.78. The molecule has 1 aliphatic heterocycles. The van der Waals surface area contributed by atoms with Gasteiger partial charge in [0.05, 0.1) is 12.2 Å². The molecule has 4 nitrogen and oxygen atoms in total. The van der Waals surface area contributed by atoms with Crippen LogP contribution in [0.15, 0.2) is 0 Å². The maximum absolute atomic E-state index is 9.90. The summed E-state index contributed by atoms with van der Waals surface area (Å²) in [6.07, 6.45) is 2.80. The second-order valence-corrected chi connectivity index (χ2v) is 4.78. The van der Waals surface area contributed by atoms with Crippen molar-refractivity contribution in [1.82, 2.24) is 4.90 Å². The van der Waals surface area contributed by atoms with Gasteiger partial charge in [-0.2, -0.15) is 0 Å². The Balaban J connectivity index is 1.81. The molecule has 2 atom stereocenters. The minimum absolute atomic E-state index is 0.193. The van der Waals surface area contributed by atoms with E-state index in [4.69, 9.17) is 5.73 Å². The van der Waals surface area contributed by atoms with Crippen molar-refractivity contribution in [1.29, 1.82) is 0 Å². The van der Waals surface area contributed by atoms with Crippen LogP contribution in [-0.4, -0.2) is 53.5 Å². The van der Waals surface area contributed by atoms with Gasteiger partial charge in [0.15, 0.2) is 0 Å². The fourth-order valence-electron chi connectivity index (χ4n) is 2.36. The summed E-state index contributed by atoms with van der Waals surface area (Å²) in [4.78, 5) is 2.12. The van der Waals surface area contributed by atoms with Crippen LogP contribution in [0.3, 0.4) is 0 Å². The first kappa shape index (κ1) is 10.4. The summed E-state index contributed by atoms with van der Waals surface area (Å²) in [6, 6.07) is 0. The van der Waals surface area contributed by atoms with Gasteiger partial charge in [-0.25, -0.2) is 0 Å². The van der Waals surface area contributed by atoms with Crippen molar-refractivity contribution in [3.63, 3.8) is 0 Å². The number of hydrogen-bond donors (Lipinski definition) is 3. The van der Waals surface area contributed by atoms with Crippen molar-refractivity contribution < 1.29 is 10.2 Å². The van der Waals surface area contributed by atoms with E-state index in [-0.39, 0.29) is 11.5 Å². The Morgan fingerprint density at radius 2 is 2.14 bits per heavy atom. The van der Waals surface area contributed by atoms with Gasteiger partial charge < -0.3 is 15.9 Å². The highest BCUT2D eigenvalue weighted by Crippen LogP contribution is 2.53. The van der Waals surface area contributed by atoms with Gasteiger partial charge in [0.2, 0.25) is 0 Å². The zero-order chi connectivity index (χ0) is 10.2. The molecule has 0 aromatic rings. The van der Waals surface area contributed by atoms with Gasteiger partial charge in [-0.1, -0.05) is 0 Å². The molecule has 2 fully saturated rings. The molecule has 0 amide bonds. The maximum Gasteiger partial charge on any atom is 0.0789 e. The highest BCUT2D eigenvalue weighted by Gasteiger charge is 2.51. The lowest BCUT2D eigenvalue weighted by molar-refractivity contribution is -0.00663. The van der Waals surface area contributed by atoms with E-state index in [1.807, 2.05) is 0 Å². The number of nitrogens with zero attached hydrogens (tertiary/aromatic N) is 1. The summed E-state index contributed by atoms with van der Waals surface area (Å²) >= 11 is 0. The van der Waals surface area contributed by atoms with Gasteiger partial charge in [-0.15, -0.1) is 0 Å². The molecule has 0 radical (unpaired) electrons. The topological polar surface area (TPSA) is 69.7 Å². The molecule has 1 heterocycles. The average Bonchev–Trinajstić information content (AvgIpc) is 2.93. The number of piperidine rings is 1. The van der Waals surface area contributed by atoms with Crippen molar-refractivity contribution in [3.8, 4) is 0 Å². The average molecular weight is 200 g/mol. The zero-order valence-corrected chi connectivity index (χ0v) is 8.52. The summed E-state index contributed by atoms with van der Waals surface area (Å²) in [5.74, 6) is 0. The van der Waals surface area contributed by atoms with E-state index in [2.05, 4.69) is 4.90 Å². The van der Waals surface area contributed by atoms with Crippen molar-refractivity contribution in [2.75, 3.05) is 26.2 Å². The number of aliphatic hydroxyl groups is 2. The van der Waals surface area contributed by atoms with Gasteiger partial charge in [-0.3, -0.25) is 4.90 Å². The Morgan fingerprint density at radius 1 is 1.43 bits per heavy atom. The van der Waals surface area contributed by atoms with Crippen molar-refractivity contribution >= 4 is 0 Å². The third-order valence-electron chi connectivity index (χ3n) is 3.70. The van der Waals surface area contributed by atoms with E-state index >= 15 is 0 Å². The van der Waals surface area contributed by atoms with E-state index in [1.165, 1.54) is 12.8 Å². The quantitative estimate of drug-likeness (QED) is 0.555. The Kier molecular flexibility index (Phi) is 2.79. The van der Waals surface area contributed by atoms with Crippen LogP contribution in [0.25, 0.3) is 0 Å². The third kappa shape index (κ3) is 1.93. The van der Waals surface area contributed by atoms with Gasteiger partial charge in [0, 0.05) is 19.6 Å². The summed E-state index contributed by atoms with van der Waals surface area (Å²) < 4.78 is 0. The lowest BCUT2D eigenvalue weighted by Gasteiger charge is -2.37. The van der Waals surface area contributed by atoms with E-state index in [9.17, 15) is 10.2 Å². The molecule has 1 spiro atoms. The maximum atomic E-state index is 9.90. The molecule has 4 N–H and O–H groups in total. The van der Waals surface area contributed by atoms with Crippen LogP contribution in [0.2, 0.25) is 0 Å². The first-order chi connectivity index (χ1) is 6.66. The van der Waals surface area contributed by atoms with Crippen LogP contribution in [0.4, 0.5) is 0 Å². The molecular weight excluding hydrogens is 180 g/mol. The van der Waals surface area contributed by atoms with E-state index < -0.39 is 6.10 Å². The minimum Gasteiger partial charge on any atom is -0.391 e. The largest absolute Gasteiger partial charge is 0.391 e. The van der Waals surface area contributed by atoms with E-state index in [1.54, 1.807) is 0 Å². The standard InChI is InChI=1S/C10H20N2O2/c11-5-8(13)6-12-4-3-10(1-2-10)9(14)7-12/h8-9,13-14H,1-7,11H2/t8-,9-/m1/s1. The zero-order valence-electron chi connectivity index (χ0n) is 8.52. The predicted molar refractivity (Wildman–Crippen MR) is 53.8 cm³/mol. The molecule has 0 bridgehead atoms. The van der Waals surface area contributed by atoms with Gasteiger partial charge in [-0.05, 0) is 31.2 Å². The summed E-state index contributed by atoms with van der Waals surface area (Å²) in [6.45, 7) is 2.60. The molecule has 0 aromatic carbocycles. The van der Waals surface area contributed by atoms with Gasteiger partial charge in [0.1, 0.15) is 0 Å². The Labute approximate surface area is 84.7 Å². The minimum atomic E-state index is -0.449. The van der Waals surface area contributed by atoms with E-state index in [0.29, 0.717) is 19.6 Å². The van der Waals surface area contributed by atoms with E-state index in [0.717, 1.165) is 13.0 Å².